The number of rotatable bonds is 12. The third-order valence-corrected chi connectivity index (χ3v) is 5.35. The monoisotopic (exact) mass is 453 g/mol. The van der Waals surface area contributed by atoms with Crippen LogP contribution in [0.25, 0.3) is 0 Å². The van der Waals surface area contributed by atoms with E-state index in [1.165, 1.54) is 7.11 Å². The highest BCUT2D eigenvalue weighted by atomic mass is 16.5. The van der Waals surface area contributed by atoms with Crippen molar-refractivity contribution in [1.29, 1.82) is 0 Å². The van der Waals surface area contributed by atoms with Crippen LogP contribution < -0.4 is 16.4 Å². The van der Waals surface area contributed by atoms with E-state index in [9.17, 15) is 14.4 Å². The molecule has 33 heavy (non-hydrogen) atoms. The van der Waals surface area contributed by atoms with Gasteiger partial charge in [0.1, 0.15) is 12.1 Å². The lowest BCUT2D eigenvalue weighted by Crippen LogP contribution is -2.55. The number of methoxy groups -OCH3 is 1. The van der Waals surface area contributed by atoms with Crippen LogP contribution in [0.2, 0.25) is 0 Å². The highest BCUT2D eigenvalue weighted by molar-refractivity contribution is 5.92. The fourth-order valence-corrected chi connectivity index (χ4v) is 3.54. The molecular weight excluding hydrogens is 418 g/mol. The third kappa shape index (κ3) is 9.06. The van der Waals surface area contributed by atoms with Crippen molar-refractivity contribution in [1.82, 2.24) is 10.6 Å². The molecule has 0 heterocycles. The first-order valence-corrected chi connectivity index (χ1v) is 11.3. The molecule has 0 aliphatic rings. The fourth-order valence-electron chi connectivity index (χ4n) is 3.54. The van der Waals surface area contributed by atoms with Crippen molar-refractivity contribution in [3.05, 3.63) is 71.8 Å². The Morgan fingerprint density at radius 3 is 1.94 bits per heavy atom. The van der Waals surface area contributed by atoms with Crippen molar-refractivity contribution in [3.8, 4) is 0 Å². The number of ether oxygens (including phenoxy) is 1. The van der Waals surface area contributed by atoms with Crippen molar-refractivity contribution in [2.45, 2.75) is 57.7 Å². The van der Waals surface area contributed by atoms with E-state index in [-0.39, 0.29) is 18.2 Å². The normalized spacial score (nSPS) is 13.6. The average Bonchev–Trinajstić information content (AvgIpc) is 2.82. The Labute approximate surface area is 196 Å². The molecule has 3 atom stereocenters. The average molecular weight is 454 g/mol. The molecule has 0 aliphatic carbocycles. The quantitative estimate of drug-likeness (QED) is 0.428. The minimum Gasteiger partial charge on any atom is -0.467 e. The summed E-state index contributed by atoms with van der Waals surface area (Å²) in [5.41, 5.74) is 8.09. The molecule has 0 unspecified atom stereocenters. The van der Waals surface area contributed by atoms with Crippen LogP contribution in [-0.2, 0) is 32.0 Å². The number of aryl methyl sites for hydroxylation is 1. The fraction of sp³-hybridized carbons (Fsp3) is 0.423. The van der Waals surface area contributed by atoms with Gasteiger partial charge in [0, 0.05) is 6.42 Å². The van der Waals surface area contributed by atoms with Crippen molar-refractivity contribution < 1.29 is 19.1 Å². The molecule has 2 rings (SSSR count). The van der Waals surface area contributed by atoms with Gasteiger partial charge in [-0.25, -0.2) is 4.79 Å². The number of carbonyl (C=O) groups excluding carboxylic acids is 3. The van der Waals surface area contributed by atoms with Gasteiger partial charge in [0.2, 0.25) is 11.8 Å². The molecule has 0 aliphatic heterocycles. The Morgan fingerprint density at radius 1 is 0.848 bits per heavy atom. The second-order valence-electron chi connectivity index (χ2n) is 8.60. The maximum Gasteiger partial charge on any atom is 0.328 e. The van der Waals surface area contributed by atoms with Crippen LogP contribution in [0.5, 0.6) is 0 Å². The Morgan fingerprint density at radius 2 is 1.39 bits per heavy atom. The molecule has 0 saturated carbocycles. The molecule has 2 amide bonds. The first-order valence-electron chi connectivity index (χ1n) is 11.3. The van der Waals surface area contributed by atoms with Crippen LogP contribution in [0.4, 0.5) is 0 Å². The molecule has 178 valence electrons. The lowest BCUT2D eigenvalue weighted by molar-refractivity contribution is -0.145. The van der Waals surface area contributed by atoms with Gasteiger partial charge in [-0.3, -0.25) is 9.59 Å². The molecule has 4 N–H and O–H groups in total. The summed E-state index contributed by atoms with van der Waals surface area (Å²) in [5, 5.41) is 5.54. The predicted octanol–water partition coefficient (Wildman–Crippen LogP) is 2.38. The summed E-state index contributed by atoms with van der Waals surface area (Å²) < 4.78 is 4.88. The maximum absolute atomic E-state index is 13.1. The zero-order valence-corrected chi connectivity index (χ0v) is 19.6. The Balaban J connectivity index is 2.02. The molecule has 0 spiro atoms. The number of hydrogen-bond donors (Lipinski definition) is 3. The van der Waals surface area contributed by atoms with Crippen molar-refractivity contribution in [2.75, 3.05) is 7.11 Å². The van der Waals surface area contributed by atoms with Crippen molar-refractivity contribution in [3.63, 3.8) is 0 Å². The van der Waals surface area contributed by atoms with Gasteiger partial charge in [-0.1, -0.05) is 74.5 Å². The van der Waals surface area contributed by atoms with E-state index in [0.29, 0.717) is 19.3 Å². The second kappa shape index (κ2) is 13.4. The highest BCUT2D eigenvalue weighted by Crippen LogP contribution is 2.10. The predicted molar refractivity (Wildman–Crippen MR) is 128 cm³/mol. The van der Waals surface area contributed by atoms with Crippen LogP contribution in [-0.4, -0.2) is 43.0 Å². The van der Waals surface area contributed by atoms with Gasteiger partial charge in [0.15, 0.2) is 0 Å². The van der Waals surface area contributed by atoms with E-state index >= 15 is 0 Å². The molecule has 0 fully saturated rings. The van der Waals surface area contributed by atoms with Gasteiger partial charge in [0.05, 0.1) is 13.2 Å². The number of nitrogens with two attached hydrogens (primary N) is 1. The van der Waals surface area contributed by atoms with E-state index in [4.69, 9.17) is 10.5 Å². The summed E-state index contributed by atoms with van der Waals surface area (Å²) in [5.74, 6) is -1.21. The lowest BCUT2D eigenvalue weighted by Gasteiger charge is -2.24. The zero-order valence-electron chi connectivity index (χ0n) is 19.6. The minimum atomic E-state index is -0.858. The van der Waals surface area contributed by atoms with Crippen LogP contribution in [0.3, 0.4) is 0 Å². The van der Waals surface area contributed by atoms with Gasteiger partial charge in [0.25, 0.3) is 0 Å². The molecule has 0 aromatic heterocycles. The minimum absolute atomic E-state index is 0.146. The van der Waals surface area contributed by atoms with E-state index in [1.54, 1.807) is 0 Å². The third-order valence-electron chi connectivity index (χ3n) is 5.35. The van der Waals surface area contributed by atoms with E-state index in [0.717, 1.165) is 11.1 Å². The van der Waals surface area contributed by atoms with Crippen LogP contribution >= 0.6 is 0 Å². The van der Waals surface area contributed by atoms with Gasteiger partial charge in [-0.2, -0.15) is 0 Å². The summed E-state index contributed by atoms with van der Waals surface area (Å²) in [4.78, 5) is 38.1. The molecule has 0 bridgehead atoms. The number of carbonyl (C=O) groups is 3. The van der Waals surface area contributed by atoms with Crippen LogP contribution in [0.1, 0.15) is 37.8 Å². The Hall–Kier alpha value is -3.19. The van der Waals surface area contributed by atoms with Gasteiger partial charge in [-0.05, 0) is 36.3 Å². The first-order chi connectivity index (χ1) is 15.8. The summed E-state index contributed by atoms with van der Waals surface area (Å²) in [6.07, 6.45) is 1.84. The largest absolute Gasteiger partial charge is 0.467 e. The van der Waals surface area contributed by atoms with Crippen molar-refractivity contribution in [2.24, 2.45) is 11.7 Å². The van der Waals surface area contributed by atoms with Gasteiger partial charge < -0.3 is 21.1 Å². The number of benzene rings is 2. The highest BCUT2D eigenvalue weighted by Gasteiger charge is 2.29. The number of nitrogens with one attached hydrogen (secondary N) is 2. The van der Waals surface area contributed by atoms with Gasteiger partial charge in [-0.15, -0.1) is 0 Å². The van der Waals surface area contributed by atoms with E-state index in [2.05, 4.69) is 10.6 Å². The second-order valence-corrected chi connectivity index (χ2v) is 8.60. The van der Waals surface area contributed by atoms with Crippen LogP contribution in [0, 0.1) is 5.92 Å². The number of amides is 2. The lowest BCUT2D eigenvalue weighted by atomic mass is 10.00. The standard InChI is InChI=1S/C26H35N3O4/c1-18(2)16-22(28-24(30)21(27)15-14-19-10-6-4-7-11-19)25(31)29-23(26(32)33-3)17-20-12-8-5-9-13-20/h4-13,18,21-23H,14-17,27H2,1-3H3,(H,28,30)(H,29,31)/t21-,22+,23+/m1/s1. The maximum atomic E-state index is 13.1. The topological polar surface area (TPSA) is 111 Å². The molecule has 0 saturated heterocycles. The Bertz CT molecular complexity index is 887. The van der Waals surface area contributed by atoms with Crippen molar-refractivity contribution >= 4 is 17.8 Å². The Kier molecular flexibility index (Phi) is 10.6. The first kappa shape index (κ1) is 26.1. The van der Waals surface area contributed by atoms with Crippen LogP contribution in [0.15, 0.2) is 60.7 Å². The molecule has 7 nitrogen and oxygen atoms in total. The summed E-state index contributed by atoms with van der Waals surface area (Å²) in [6, 6.07) is 16.7. The molecular formula is C26H35N3O4. The summed E-state index contributed by atoms with van der Waals surface area (Å²) in [6.45, 7) is 3.92. The van der Waals surface area contributed by atoms with Gasteiger partial charge >= 0.3 is 5.97 Å². The SMILES string of the molecule is COC(=O)[C@H](Cc1ccccc1)NC(=O)[C@H](CC(C)C)NC(=O)[C@H](N)CCc1ccccc1. The zero-order chi connectivity index (χ0) is 24.2. The van der Waals surface area contributed by atoms with E-state index < -0.39 is 30.0 Å². The smallest absolute Gasteiger partial charge is 0.328 e. The molecule has 2 aromatic rings. The summed E-state index contributed by atoms with van der Waals surface area (Å²) >= 11 is 0. The van der Waals surface area contributed by atoms with E-state index in [1.807, 2.05) is 74.5 Å². The molecule has 7 heteroatoms. The summed E-state index contributed by atoms with van der Waals surface area (Å²) in [7, 11) is 1.28. The number of hydrogen-bond acceptors (Lipinski definition) is 5. The number of esters is 1. The molecule has 0 radical (unpaired) electrons. The molecule has 2 aromatic carbocycles.